The molecule has 0 rings (SSSR count). The Morgan fingerprint density at radius 3 is 1.10 bits per heavy atom. The third kappa shape index (κ3) is 32.2. The molecule has 0 unspecified atom stereocenters. The minimum Gasteiger partial charge on any atom is -0.384 e. The van der Waals surface area contributed by atoms with Crippen molar-refractivity contribution < 1.29 is 0 Å². The molecule has 6 N–H and O–H groups in total. The Morgan fingerprint density at radius 1 is 1.00 bits per heavy atom. The van der Waals surface area contributed by atoms with E-state index in [2.05, 4.69) is 13.2 Å². The van der Waals surface area contributed by atoms with Gasteiger partial charge in [0, 0.05) is 0 Å². The highest BCUT2D eigenvalue weighted by molar-refractivity contribution is 5.88. The average molecular weight is 140 g/mol. The quantitative estimate of drug-likeness (QED) is 0.326. The minimum atomic E-state index is 0.0185. The van der Waals surface area contributed by atoms with Crippen LogP contribution >= 0.6 is 0 Å². The molecule has 0 heterocycles. The van der Waals surface area contributed by atoms with E-state index in [1.54, 1.807) is 0 Å². The number of amidine groups is 2. The summed E-state index contributed by atoms with van der Waals surface area (Å²) >= 11 is 0. The van der Waals surface area contributed by atoms with Gasteiger partial charge in [-0.2, -0.15) is 0 Å². The van der Waals surface area contributed by atoms with Gasteiger partial charge in [0.2, 0.25) is 0 Å². The molecular weight excluding hydrogens is 128 g/mol. The van der Waals surface area contributed by atoms with E-state index in [0.29, 0.717) is 0 Å². The topological polar surface area (TPSA) is 99.7 Å². The minimum absolute atomic E-state index is 0.0185. The molecule has 0 aromatic heterocycles. The maximum Gasteiger partial charge on any atom is 0.114 e. The zero-order chi connectivity index (χ0) is 8.57. The van der Waals surface area contributed by atoms with E-state index in [4.69, 9.17) is 22.3 Å². The molecule has 0 saturated heterocycles. The van der Waals surface area contributed by atoms with Crippen LogP contribution in [-0.4, -0.2) is 11.7 Å². The van der Waals surface area contributed by atoms with Gasteiger partial charge in [-0.25, -0.2) is 0 Å². The fraction of sp³-hybridized carbons (Fsp3) is 0. The predicted octanol–water partition coefficient (Wildman–Crippen LogP) is 0.217. The maximum absolute atomic E-state index is 6.40. The smallest absolute Gasteiger partial charge is 0.114 e. The standard InChI is InChI=1S/2C3H6N2/c2*1-2-3(4)5/h2*2H,1H2,(H3,4,5). The summed E-state index contributed by atoms with van der Waals surface area (Å²) in [7, 11) is 0. The number of rotatable bonds is 2. The molecular formula is C6H12N4. The highest BCUT2D eigenvalue weighted by atomic mass is 14.7. The Labute approximate surface area is 60.2 Å². The summed E-state index contributed by atoms with van der Waals surface area (Å²) < 4.78 is 0. The lowest BCUT2D eigenvalue weighted by molar-refractivity contribution is 1.47. The molecule has 0 fully saturated rings. The second-order valence-corrected chi connectivity index (χ2v) is 1.32. The van der Waals surface area contributed by atoms with Crippen molar-refractivity contribution in [3.8, 4) is 0 Å². The fourth-order valence-electron chi connectivity index (χ4n) is 0. The Bertz CT molecular complexity index is 130. The lowest BCUT2D eigenvalue weighted by Gasteiger charge is -1.71. The van der Waals surface area contributed by atoms with Crippen LogP contribution in [-0.2, 0) is 0 Å². The van der Waals surface area contributed by atoms with E-state index in [-0.39, 0.29) is 11.7 Å². The van der Waals surface area contributed by atoms with Gasteiger partial charge in [-0.15, -0.1) is 0 Å². The van der Waals surface area contributed by atoms with Crippen molar-refractivity contribution >= 4 is 11.7 Å². The van der Waals surface area contributed by atoms with Crippen molar-refractivity contribution in [1.82, 2.24) is 0 Å². The van der Waals surface area contributed by atoms with Crippen LogP contribution in [0.5, 0.6) is 0 Å². The molecule has 0 saturated carbocycles. The van der Waals surface area contributed by atoms with Gasteiger partial charge >= 0.3 is 0 Å². The van der Waals surface area contributed by atoms with E-state index < -0.39 is 0 Å². The first-order valence-corrected chi connectivity index (χ1v) is 2.47. The predicted molar refractivity (Wildman–Crippen MR) is 44.2 cm³/mol. The summed E-state index contributed by atoms with van der Waals surface area (Å²) in [5, 5.41) is 12.8. The van der Waals surface area contributed by atoms with Gasteiger partial charge < -0.3 is 11.5 Å². The van der Waals surface area contributed by atoms with Crippen molar-refractivity contribution in [2.24, 2.45) is 11.5 Å². The van der Waals surface area contributed by atoms with Crippen LogP contribution in [0.1, 0.15) is 0 Å². The lowest BCUT2D eigenvalue weighted by Crippen LogP contribution is -2.02. The van der Waals surface area contributed by atoms with Crippen LogP contribution in [0.15, 0.2) is 25.3 Å². The van der Waals surface area contributed by atoms with Gasteiger partial charge in [0.05, 0.1) is 0 Å². The molecule has 0 aliphatic heterocycles. The van der Waals surface area contributed by atoms with Gasteiger partial charge in [-0.1, -0.05) is 13.2 Å². The first-order valence-electron chi connectivity index (χ1n) is 2.47. The molecule has 0 atom stereocenters. The first-order chi connectivity index (χ1) is 4.54. The summed E-state index contributed by atoms with van der Waals surface area (Å²) in [5.74, 6) is 0.0370. The van der Waals surface area contributed by atoms with Gasteiger partial charge in [-0.05, 0) is 12.2 Å². The molecule has 0 bridgehead atoms. The summed E-state index contributed by atoms with van der Waals surface area (Å²) in [6.07, 6.45) is 2.56. The lowest BCUT2D eigenvalue weighted by atomic mass is 10.6. The van der Waals surface area contributed by atoms with Crippen LogP contribution < -0.4 is 11.5 Å². The van der Waals surface area contributed by atoms with Crippen molar-refractivity contribution in [1.29, 1.82) is 10.8 Å². The van der Waals surface area contributed by atoms with E-state index in [1.165, 1.54) is 12.2 Å². The van der Waals surface area contributed by atoms with Gasteiger partial charge in [-0.3, -0.25) is 10.8 Å². The number of nitrogens with one attached hydrogen (secondary N) is 2. The molecule has 4 nitrogen and oxygen atoms in total. The molecule has 0 aliphatic carbocycles. The molecule has 0 aliphatic rings. The van der Waals surface area contributed by atoms with Gasteiger partial charge in [0.15, 0.2) is 0 Å². The van der Waals surface area contributed by atoms with Crippen LogP contribution in [0.4, 0.5) is 0 Å². The van der Waals surface area contributed by atoms with Crippen LogP contribution in [0.3, 0.4) is 0 Å². The Balaban J connectivity index is 0. The molecule has 56 valence electrons. The summed E-state index contributed by atoms with van der Waals surface area (Å²) in [6.45, 7) is 6.42. The Hall–Kier alpha value is -1.58. The van der Waals surface area contributed by atoms with E-state index in [9.17, 15) is 0 Å². The number of hydrogen-bond donors (Lipinski definition) is 4. The normalized spacial score (nSPS) is 6.40. The summed E-state index contributed by atoms with van der Waals surface area (Å²) in [4.78, 5) is 0. The molecule has 4 heteroatoms. The van der Waals surface area contributed by atoms with Crippen LogP contribution in [0, 0.1) is 10.8 Å². The third-order valence-electron chi connectivity index (χ3n) is 0.440. The monoisotopic (exact) mass is 140 g/mol. The van der Waals surface area contributed by atoms with E-state index >= 15 is 0 Å². The van der Waals surface area contributed by atoms with E-state index in [1.807, 2.05) is 0 Å². The second kappa shape index (κ2) is 7.42. The maximum atomic E-state index is 6.40. The summed E-state index contributed by atoms with van der Waals surface area (Å²) in [5.41, 5.74) is 9.51. The third-order valence-corrected chi connectivity index (χ3v) is 0.440. The largest absolute Gasteiger partial charge is 0.384 e. The second-order valence-electron chi connectivity index (χ2n) is 1.32. The average Bonchev–Trinajstić information content (AvgIpc) is 1.89. The number of nitrogens with two attached hydrogens (primary N) is 2. The van der Waals surface area contributed by atoms with Crippen molar-refractivity contribution in [2.45, 2.75) is 0 Å². The number of hydrogen-bond acceptors (Lipinski definition) is 2. The zero-order valence-electron chi connectivity index (χ0n) is 5.72. The van der Waals surface area contributed by atoms with Crippen LogP contribution in [0.25, 0.3) is 0 Å². The molecule has 0 radical (unpaired) electrons. The zero-order valence-corrected chi connectivity index (χ0v) is 5.72. The van der Waals surface area contributed by atoms with E-state index in [0.717, 1.165) is 0 Å². The van der Waals surface area contributed by atoms with Gasteiger partial charge in [0.1, 0.15) is 11.7 Å². The Morgan fingerprint density at radius 2 is 1.10 bits per heavy atom. The van der Waals surface area contributed by atoms with Crippen molar-refractivity contribution in [3.63, 3.8) is 0 Å². The Kier molecular flexibility index (Phi) is 8.35. The van der Waals surface area contributed by atoms with Crippen molar-refractivity contribution in [3.05, 3.63) is 25.3 Å². The highest BCUT2D eigenvalue weighted by Gasteiger charge is 1.62. The molecule has 0 spiro atoms. The SMILES string of the molecule is C=CC(=N)N.C=CC(=N)N. The van der Waals surface area contributed by atoms with Crippen LogP contribution in [0.2, 0.25) is 0 Å². The summed E-state index contributed by atoms with van der Waals surface area (Å²) in [6, 6.07) is 0. The fourth-order valence-corrected chi connectivity index (χ4v) is 0. The molecule has 0 amide bonds. The highest BCUT2D eigenvalue weighted by Crippen LogP contribution is 1.51. The van der Waals surface area contributed by atoms with Gasteiger partial charge in [0.25, 0.3) is 0 Å². The first kappa shape index (κ1) is 11.2. The molecule has 0 aromatic carbocycles. The van der Waals surface area contributed by atoms with Crippen molar-refractivity contribution in [2.75, 3.05) is 0 Å². The molecule has 10 heavy (non-hydrogen) atoms. The molecule has 0 aromatic rings.